The van der Waals surface area contributed by atoms with E-state index in [1.165, 1.54) is 24.3 Å². The molecule has 4 aromatic rings. The third-order valence-corrected chi connectivity index (χ3v) is 4.73. The molecule has 162 valence electrons. The molecule has 2 N–H and O–H groups in total. The summed E-state index contributed by atoms with van der Waals surface area (Å²) in [6.07, 6.45) is 1.68. The molecule has 0 aliphatic carbocycles. The molecule has 2 heterocycles. The predicted octanol–water partition coefficient (Wildman–Crippen LogP) is 5.26. The SMILES string of the molecule is CC(C)c1noc(-c2ccnc(NCc3cccc(NC(=O)c4ccc(F)cc4)c3)c2)n1. The van der Waals surface area contributed by atoms with Crippen molar-refractivity contribution >= 4 is 17.4 Å². The van der Waals surface area contributed by atoms with Crippen molar-refractivity contribution in [1.82, 2.24) is 15.1 Å². The van der Waals surface area contributed by atoms with Gasteiger partial charge in [0.15, 0.2) is 5.82 Å². The molecule has 0 spiro atoms. The second-order valence-corrected chi connectivity index (χ2v) is 7.56. The lowest BCUT2D eigenvalue weighted by Crippen LogP contribution is -2.12. The highest BCUT2D eigenvalue weighted by Gasteiger charge is 2.12. The molecule has 4 rings (SSSR count). The molecule has 0 unspecified atom stereocenters. The van der Waals surface area contributed by atoms with Gasteiger partial charge in [-0.05, 0) is 54.1 Å². The standard InChI is InChI=1S/C24H22FN5O2/c1-15(2)22-29-24(32-30-22)18-10-11-26-21(13-18)27-14-16-4-3-5-20(12-16)28-23(31)17-6-8-19(25)9-7-17/h3-13,15H,14H2,1-2H3,(H,26,27)(H,28,31). The zero-order valence-corrected chi connectivity index (χ0v) is 17.7. The lowest BCUT2D eigenvalue weighted by Gasteiger charge is -2.09. The normalized spacial score (nSPS) is 10.9. The zero-order chi connectivity index (χ0) is 22.5. The fourth-order valence-electron chi connectivity index (χ4n) is 3.00. The van der Waals surface area contributed by atoms with E-state index in [2.05, 4.69) is 25.8 Å². The van der Waals surface area contributed by atoms with Crippen molar-refractivity contribution in [1.29, 1.82) is 0 Å². The van der Waals surface area contributed by atoms with Crippen LogP contribution in [0.4, 0.5) is 15.9 Å². The van der Waals surface area contributed by atoms with Crippen molar-refractivity contribution in [3.8, 4) is 11.5 Å². The van der Waals surface area contributed by atoms with Crippen molar-refractivity contribution in [2.24, 2.45) is 0 Å². The van der Waals surface area contributed by atoms with Gasteiger partial charge in [0.2, 0.25) is 0 Å². The van der Waals surface area contributed by atoms with Crippen LogP contribution >= 0.6 is 0 Å². The minimum atomic E-state index is -0.383. The summed E-state index contributed by atoms with van der Waals surface area (Å²) in [5.74, 6) is 1.27. The van der Waals surface area contributed by atoms with Gasteiger partial charge in [0, 0.05) is 35.5 Å². The fourth-order valence-corrected chi connectivity index (χ4v) is 3.00. The molecular formula is C24H22FN5O2. The molecule has 8 heteroatoms. The van der Waals surface area contributed by atoms with Crippen molar-refractivity contribution in [2.75, 3.05) is 10.6 Å². The van der Waals surface area contributed by atoms with E-state index in [0.717, 1.165) is 11.1 Å². The van der Waals surface area contributed by atoms with Gasteiger partial charge in [-0.15, -0.1) is 0 Å². The summed E-state index contributed by atoms with van der Waals surface area (Å²) in [6, 6.07) is 16.5. The molecule has 7 nitrogen and oxygen atoms in total. The largest absolute Gasteiger partial charge is 0.366 e. The van der Waals surface area contributed by atoms with Crippen LogP contribution in [0.2, 0.25) is 0 Å². The number of halogens is 1. The van der Waals surface area contributed by atoms with E-state index < -0.39 is 0 Å². The molecule has 0 saturated heterocycles. The van der Waals surface area contributed by atoms with Crippen LogP contribution in [0.1, 0.15) is 41.5 Å². The molecule has 2 aromatic heterocycles. The van der Waals surface area contributed by atoms with Crippen LogP contribution in [0.15, 0.2) is 71.4 Å². The van der Waals surface area contributed by atoms with E-state index in [1.54, 1.807) is 12.3 Å². The first-order chi connectivity index (χ1) is 15.5. The summed E-state index contributed by atoms with van der Waals surface area (Å²) in [6.45, 7) is 4.51. The number of amides is 1. The van der Waals surface area contributed by atoms with Gasteiger partial charge in [-0.25, -0.2) is 9.37 Å². The third kappa shape index (κ3) is 5.15. The smallest absolute Gasteiger partial charge is 0.258 e. The molecule has 0 radical (unpaired) electrons. The Morgan fingerprint density at radius 1 is 1.09 bits per heavy atom. The van der Waals surface area contributed by atoms with E-state index in [9.17, 15) is 9.18 Å². The summed E-state index contributed by atoms with van der Waals surface area (Å²) in [5, 5.41) is 10.1. The first-order valence-electron chi connectivity index (χ1n) is 10.2. The van der Waals surface area contributed by atoms with Crippen molar-refractivity contribution in [3.05, 3.63) is 89.6 Å². The summed E-state index contributed by atoms with van der Waals surface area (Å²) >= 11 is 0. The van der Waals surface area contributed by atoms with Crippen LogP contribution in [0.5, 0.6) is 0 Å². The Morgan fingerprint density at radius 3 is 2.66 bits per heavy atom. The summed E-state index contributed by atoms with van der Waals surface area (Å²) in [5.41, 5.74) is 2.77. The van der Waals surface area contributed by atoms with Crippen LogP contribution in [0.3, 0.4) is 0 Å². The second-order valence-electron chi connectivity index (χ2n) is 7.56. The Hall–Kier alpha value is -4.07. The van der Waals surface area contributed by atoms with Crippen LogP contribution < -0.4 is 10.6 Å². The maximum atomic E-state index is 13.1. The molecule has 0 atom stereocenters. The lowest BCUT2D eigenvalue weighted by atomic mass is 10.1. The minimum Gasteiger partial charge on any atom is -0.366 e. The summed E-state index contributed by atoms with van der Waals surface area (Å²) in [7, 11) is 0. The highest BCUT2D eigenvalue weighted by molar-refractivity contribution is 6.04. The van der Waals surface area contributed by atoms with Crippen LogP contribution in [-0.2, 0) is 6.54 Å². The number of carbonyl (C=O) groups excluding carboxylic acids is 1. The van der Waals surface area contributed by atoms with Crippen molar-refractivity contribution in [3.63, 3.8) is 0 Å². The highest BCUT2D eigenvalue weighted by Crippen LogP contribution is 2.22. The Bertz CT molecular complexity index is 1220. The number of rotatable bonds is 7. The van der Waals surface area contributed by atoms with Crippen LogP contribution in [0, 0.1) is 5.82 Å². The number of hydrogen-bond donors (Lipinski definition) is 2. The number of pyridine rings is 1. The number of aromatic nitrogens is 3. The number of carbonyl (C=O) groups is 1. The predicted molar refractivity (Wildman–Crippen MR) is 120 cm³/mol. The topological polar surface area (TPSA) is 92.9 Å². The zero-order valence-electron chi connectivity index (χ0n) is 17.7. The molecule has 2 aromatic carbocycles. The first kappa shape index (κ1) is 21.2. The summed E-state index contributed by atoms with van der Waals surface area (Å²) in [4.78, 5) is 21.1. The molecule has 0 saturated carbocycles. The van der Waals surface area contributed by atoms with E-state index >= 15 is 0 Å². The highest BCUT2D eigenvalue weighted by atomic mass is 19.1. The van der Waals surface area contributed by atoms with E-state index in [4.69, 9.17) is 4.52 Å². The van der Waals surface area contributed by atoms with Gasteiger partial charge in [-0.2, -0.15) is 4.98 Å². The number of hydrogen-bond acceptors (Lipinski definition) is 6. The lowest BCUT2D eigenvalue weighted by molar-refractivity contribution is 0.102. The molecule has 32 heavy (non-hydrogen) atoms. The average molecular weight is 431 g/mol. The van der Waals surface area contributed by atoms with Gasteiger partial charge >= 0.3 is 0 Å². The molecule has 0 fully saturated rings. The van der Waals surface area contributed by atoms with Gasteiger partial charge in [-0.1, -0.05) is 31.1 Å². The van der Waals surface area contributed by atoms with Gasteiger partial charge in [0.05, 0.1) is 0 Å². The maximum Gasteiger partial charge on any atom is 0.258 e. The average Bonchev–Trinajstić information content (AvgIpc) is 3.29. The molecule has 1 amide bonds. The van der Waals surface area contributed by atoms with Gasteiger partial charge in [0.25, 0.3) is 11.8 Å². The Morgan fingerprint density at radius 2 is 1.91 bits per heavy atom. The van der Waals surface area contributed by atoms with Crippen molar-refractivity contribution in [2.45, 2.75) is 26.3 Å². The molecular weight excluding hydrogens is 409 g/mol. The Balaban J connectivity index is 1.41. The molecule has 0 aliphatic heterocycles. The second kappa shape index (κ2) is 9.38. The number of nitrogens with zero attached hydrogens (tertiary/aromatic N) is 3. The van der Waals surface area contributed by atoms with E-state index in [0.29, 0.717) is 35.3 Å². The third-order valence-electron chi connectivity index (χ3n) is 4.73. The van der Waals surface area contributed by atoms with Crippen LogP contribution in [-0.4, -0.2) is 21.0 Å². The Kier molecular flexibility index (Phi) is 6.21. The van der Waals surface area contributed by atoms with E-state index in [1.807, 2.05) is 44.2 Å². The van der Waals surface area contributed by atoms with Crippen molar-refractivity contribution < 1.29 is 13.7 Å². The number of nitrogens with one attached hydrogen (secondary N) is 2. The van der Waals surface area contributed by atoms with E-state index in [-0.39, 0.29) is 17.6 Å². The van der Waals surface area contributed by atoms with Gasteiger partial charge in [0.1, 0.15) is 11.6 Å². The first-order valence-corrected chi connectivity index (χ1v) is 10.2. The van der Waals surface area contributed by atoms with Gasteiger partial charge in [-0.3, -0.25) is 4.79 Å². The summed E-state index contributed by atoms with van der Waals surface area (Å²) < 4.78 is 18.4. The minimum absolute atomic E-state index is 0.183. The van der Waals surface area contributed by atoms with Crippen LogP contribution in [0.25, 0.3) is 11.5 Å². The fraction of sp³-hybridized carbons (Fsp3) is 0.167. The molecule has 0 aliphatic rings. The quantitative estimate of drug-likeness (QED) is 0.415. The number of anilines is 2. The monoisotopic (exact) mass is 431 g/mol. The number of benzene rings is 2. The van der Waals surface area contributed by atoms with Gasteiger partial charge < -0.3 is 15.2 Å². The molecule has 0 bridgehead atoms. The Labute approximate surface area is 184 Å². The maximum absolute atomic E-state index is 13.1.